The highest BCUT2D eigenvalue weighted by Gasteiger charge is 2.16. The number of rotatable bonds is 7. The van der Waals surface area contributed by atoms with Gasteiger partial charge in [-0.15, -0.1) is 0 Å². The Morgan fingerprint density at radius 1 is 1.12 bits per heavy atom. The number of hydrogen-bond acceptors (Lipinski definition) is 2. The summed E-state index contributed by atoms with van der Waals surface area (Å²) in [6.45, 7) is 2.50. The van der Waals surface area contributed by atoms with Gasteiger partial charge in [0.05, 0.1) is 13.0 Å². The fraction of sp³-hybridized carbons (Fsp3) is 0.263. The van der Waals surface area contributed by atoms with Crippen LogP contribution in [-0.2, 0) is 22.6 Å². The molecule has 2 aromatic rings. The zero-order chi connectivity index (χ0) is 18.2. The lowest BCUT2D eigenvalue weighted by Crippen LogP contribution is -2.41. The highest BCUT2D eigenvalue weighted by atomic mass is 35.5. The number of amides is 2. The molecule has 0 fully saturated rings. The first kappa shape index (κ1) is 18.9. The Bertz CT molecular complexity index is 734. The van der Waals surface area contributed by atoms with E-state index in [1.807, 2.05) is 13.0 Å². The minimum absolute atomic E-state index is 0.0268. The summed E-state index contributed by atoms with van der Waals surface area (Å²) >= 11 is 6.07. The van der Waals surface area contributed by atoms with Gasteiger partial charge in [-0.3, -0.25) is 9.59 Å². The molecule has 2 rings (SSSR count). The summed E-state index contributed by atoms with van der Waals surface area (Å²) in [7, 11) is 0. The van der Waals surface area contributed by atoms with Crippen molar-refractivity contribution in [1.29, 1.82) is 0 Å². The first-order chi connectivity index (χ1) is 12.0. The molecule has 0 saturated heterocycles. The monoisotopic (exact) mass is 362 g/mol. The van der Waals surface area contributed by atoms with Gasteiger partial charge in [0.1, 0.15) is 5.82 Å². The molecule has 1 N–H and O–H groups in total. The Morgan fingerprint density at radius 2 is 1.80 bits per heavy atom. The Hall–Kier alpha value is -2.40. The Labute approximate surface area is 151 Å². The van der Waals surface area contributed by atoms with Crippen molar-refractivity contribution in [2.45, 2.75) is 19.9 Å². The molecule has 0 heterocycles. The molecule has 2 aromatic carbocycles. The molecule has 0 atom stereocenters. The van der Waals surface area contributed by atoms with Crippen LogP contribution in [0.15, 0.2) is 48.5 Å². The minimum Gasteiger partial charge on any atom is -0.350 e. The lowest BCUT2D eigenvalue weighted by molar-refractivity contribution is -0.135. The van der Waals surface area contributed by atoms with E-state index in [4.69, 9.17) is 11.6 Å². The molecular formula is C19H20ClFN2O2. The van der Waals surface area contributed by atoms with Crippen molar-refractivity contribution >= 4 is 23.4 Å². The molecular weight excluding hydrogens is 343 g/mol. The van der Waals surface area contributed by atoms with E-state index in [2.05, 4.69) is 5.32 Å². The van der Waals surface area contributed by atoms with Gasteiger partial charge in [0.25, 0.3) is 0 Å². The molecule has 0 aliphatic heterocycles. The quantitative estimate of drug-likeness (QED) is 0.822. The fourth-order valence-electron chi connectivity index (χ4n) is 2.32. The second kappa shape index (κ2) is 9.18. The summed E-state index contributed by atoms with van der Waals surface area (Å²) in [5.41, 5.74) is 1.53. The summed E-state index contributed by atoms with van der Waals surface area (Å²) < 4.78 is 12.9. The predicted octanol–water partition coefficient (Wildman–Crippen LogP) is 3.19. The number of likely N-dealkylation sites (N-methyl/N-ethyl adjacent to an activating group) is 1. The van der Waals surface area contributed by atoms with E-state index in [9.17, 15) is 14.0 Å². The number of benzene rings is 2. The molecule has 0 aliphatic carbocycles. The Morgan fingerprint density at radius 3 is 2.44 bits per heavy atom. The van der Waals surface area contributed by atoms with Crippen molar-refractivity contribution in [2.24, 2.45) is 0 Å². The van der Waals surface area contributed by atoms with Crippen molar-refractivity contribution in [3.05, 3.63) is 70.5 Å². The predicted molar refractivity (Wildman–Crippen MR) is 95.7 cm³/mol. The third-order valence-corrected chi connectivity index (χ3v) is 4.14. The number of carbonyl (C=O) groups is 2. The summed E-state index contributed by atoms with van der Waals surface area (Å²) in [4.78, 5) is 25.9. The van der Waals surface area contributed by atoms with Crippen molar-refractivity contribution < 1.29 is 14.0 Å². The first-order valence-electron chi connectivity index (χ1n) is 8.02. The van der Waals surface area contributed by atoms with Gasteiger partial charge in [0.15, 0.2) is 0 Å². The van der Waals surface area contributed by atoms with Crippen molar-refractivity contribution in [2.75, 3.05) is 13.1 Å². The van der Waals surface area contributed by atoms with Gasteiger partial charge in [0, 0.05) is 18.1 Å². The maximum atomic E-state index is 12.9. The number of hydrogen-bond donors (Lipinski definition) is 1. The zero-order valence-corrected chi connectivity index (χ0v) is 14.7. The van der Waals surface area contributed by atoms with Gasteiger partial charge >= 0.3 is 0 Å². The normalized spacial score (nSPS) is 10.4. The van der Waals surface area contributed by atoms with Crippen LogP contribution in [0.1, 0.15) is 18.1 Å². The third kappa shape index (κ3) is 5.87. The molecule has 0 aromatic heterocycles. The molecule has 0 aliphatic rings. The summed E-state index contributed by atoms with van der Waals surface area (Å²) in [6, 6.07) is 13.0. The van der Waals surface area contributed by atoms with E-state index in [1.165, 1.54) is 17.0 Å². The summed E-state index contributed by atoms with van der Waals surface area (Å²) in [5, 5.41) is 3.27. The van der Waals surface area contributed by atoms with E-state index in [0.717, 1.165) is 11.1 Å². The molecule has 132 valence electrons. The second-order valence-electron chi connectivity index (χ2n) is 5.58. The van der Waals surface area contributed by atoms with Gasteiger partial charge in [-0.25, -0.2) is 4.39 Å². The first-order valence-corrected chi connectivity index (χ1v) is 8.39. The van der Waals surface area contributed by atoms with Crippen LogP contribution < -0.4 is 5.32 Å². The van der Waals surface area contributed by atoms with E-state index in [1.54, 1.807) is 30.3 Å². The van der Waals surface area contributed by atoms with Crippen LogP contribution >= 0.6 is 11.6 Å². The summed E-state index contributed by atoms with van der Waals surface area (Å²) in [5.74, 6) is -0.747. The number of halogens is 2. The second-order valence-corrected chi connectivity index (χ2v) is 5.99. The van der Waals surface area contributed by atoms with Crippen LogP contribution in [0.3, 0.4) is 0 Å². The maximum Gasteiger partial charge on any atom is 0.239 e. The average Bonchev–Trinajstić information content (AvgIpc) is 2.61. The molecule has 6 heteroatoms. The van der Waals surface area contributed by atoms with E-state index in [0.29, 0.717) is 11.6 Å². The Balaban J connectivity index is 1.87. The van der Waals surface area contributed by atoms with Gasteiger partial charge in [0.2, 0.25) is 11.8 Å². The lowest BCUT2D eigenvalue weighted by atomic mass is 10.1. The minimum atomic E-state index is -0.322. The zero-order valence-electron chi connectivity index (χ0n) is 14.0. The standard InChI is InChI=1S/C19H20ClFN2O2/c1-2-23(19(25)11-15-5-3-4-6-17(15)20)13-18(24)22-12-14-7-9-16(21)10-8-14/h3-10H,2,11-13H2,1H3,(H,22,24). The molecule has 0 saturated carbocycles. The van der Waals surface area contributed by atoms with Crippen LogP contribution in [0.5, 0.6) is 0 Å². The molecule has 0 unspecified atom stereocenters. The van der Waals surface area contributed by atoms with Crippen LogP contribution in [0.4, 0.5) is 4.39 Å². The van der Waals surface area contributed by atoms with E-state index < -0.39 is 0 Å². The number of carbonyl (C=O) groups excluding carboxylic acids is 2. The van der Waals surface area contributed by atoms with Gasteiger partial charge < -0.3 is 10.2 Å². The topological polar surface area (TPSA) is 49.4 Å². The van der Waals surface area contributed by atoms with Crippen LogP contribution in [0, 0.1) is 5.82 Å². The highest BCUT2D eigenvalue weighted by molar-refractivity contribution is 6.31. The molecule has 25 heavy (non-hydrogen) atoms. The van der Waals surface area contributed by atoms with Gasteiger partial charge in [-0.2, -0.15) is 0 Å². The van der Waals surface area contributed by atoms with E-state index in [-0.39, 0.29) is 37.1 Å². The number of nitrogens with zero attached hydrogens (tertiary/aromatic N) is 1. The molecule has 4 nitrogen and oxygen atoms in total. The van der Waals surface area contributed by atoms with E-state index >= 15 is 0 Å². The van der Waals surface area contributed by atoms with Gasteiger partial charge in [-0.05, 0) is 36.2 Å². The van der Waals surface area contributed by atoms with Crippen molar-refractivity contribution in [3.8, 4) is 0 Å². The SMILES string of the molecule is CCN(CC(=O)NCc1ccc(F)cc1)C(=O)Cc1ccccc1Cl. The molecule has 0 radical (unpaired) electrons. The maximum absolute atomic E-state index is 12.9. The molecule has 0 spiro atoms. The smallest absolute Gasteiger partial charge is 0.239 e. The number of nitrogens with one attached hydrogen (secondary N) is 1. The molecule has 0 bridgehead atoms. The highest BCUT2D eigenvalue weighted by Crippen LogP contribution is 2.16. The largest absolute Gasteiger partial charge is 0.350 e. The summed E-state index contributed by atoms with van der Waals surface area (Å²) in [6.07, 6.45) is 0.152. The van der Waals surface area contributed by atoms with Crippen LogP contribution in [-0.4, -0.2) is 29.8 Å². The average molecular weight is 363 g/mol. The van der Waals surface area contributed by atoms with Crippen molar-refractivity contribution in [1.82, 2.24) is 10.2 Å². The van der Waals surface area contributed by atoms with Crippen LogP contribution in [0.2, 0.25) is 5.02 Å². The van der Waals surface area contributed by atoms with Gasteiger partial charge in [-0.1, -0.05) is 41.9 Å². The third-order valence-electron chi connectivity index (χ3n) is 3.77. The Kier molecular flexibility index (Phi) is 6.95. The van der Waals surface area contributed by atoms with Crippen LogP contribution in [0.25, 0.3) is 0 Å². The van der Waals surface area contributed by atoms with Crippen molar-refractivity contribution in [3.63, 3.8) is 0 Å². The fourth-order valence-corrected chi connectivity index (χ4v) is 2.53. The lowest BCUT2D eigenvalue weighted by Gasteiger charge is -2.20. The molecule has 2 amide bonds.